The summed E-state index contributed by atoms with van der Waals surface area (Å²) < 4.78 is 49.2. The second-order valence-electron chi connectivity index (χ2n) is 14.3. The molecule has 3 aliphatic heterocycles. The number of rotatable bonds is 5. The van der Waals surface area contributed by atoms with Crippen molar-refractivity contribution in [3.63, 3.8) is 0 Å². The summed E-state index contributed by atoms with van der Waals surface area (Å²) >= 11 is 7.35. The first kappa shape index (κ1) is 44.8. The van der Waals surface area contributed by atoms with Crippen molar-refractivity contribution in [2.24, 2.45) is 5.92 Å². The molecule has 2 aromatic rings. The number of fused-ring (bicyclic) bond motifs is 3. The monoisotopic (exact) mass is 992 g/mol. The molecule has 1 saturated heterocycles. The first-order valence-corrected chi connectivity index (χ1v) is 21.0. The van der Waals surface area contributed by atoms with Gasteiger partial charge in [0.15, 0.2) is 0 Å². The van der Waals surface area contributed by atoms with E-state index in [9.17, 15) is 37.1 Å². The van der Waals surface area contributed by atoms with E-state index >= 15 is 0 Å². The first-order chi connectivity index (χ1) is 25.6. The van der Waals surface area contributed by atoms with Crippen LogP contribution in [0, 0.1) is 11.7 Å². The molecule has 0 spiro atoms. The molecule has 4 aliphatic rings. The van der Waals surface area contributed by atoms with Crippen molar-refractivity contribution in [2.45, 2.75) is 120 Å². The Morgan fingerprint density at radius 1 is 1.18 bits per heavy atom. The Labute approximate surface area is 344 Å². The Kier molecular flexibility index (Phi) is 15.1. The van der Waals surface area contributed by atoms with Gasteiger partial charge in [0.2, 0.25) is 5.91 Å². The molecule has 0 radical (unpaired) electrons. The maximum Gasteiger partial charge on any atom is 0.410 e. The molecule has 1 aromatic heterocycles. The van der Waals surface area contributed by atoms with Crippen LogP contribution in [-0.4, -0.2) is 83.5 Å². The second kappa shape index (κ2) is 18.6. The number of amides is 4. The summed E-state index contributed by atoms with van der Waals surface area (Å²) in [5, 5.41) is 14.1. The number of sulfonamides is 1. The van der Waals surface area contributed by atoms with Crippen LogP contribution in [0.2, 0.25) is 4.34 Å². The Bertz CT molecular complexity index is 1900. The van der Waals surface area contributed by atoms with Crippen LogP contribution < -0.4 is 10.0 Å². The summed E-state index contributed by atoms with van der Waals surface area (Å²) in [6.07, 6.45) is 5.81. The topological polar surface area (TPSA) is 186 Å². The van der Waals surface area contributed by atoms with E-state index in [0.29, 0.717) is 49.8 Å². The normalized spacial score (nSPS) is 27.3. The van der Waals surface area contributed by atoms with Crippen LogP contribution in [0.3, 0.4) is 0 Å². The zero-order valence-electron chi connectivity index (χ0n) is 31.1. The predicted molar refractivity (Wildman–Crippen MR) is 201 cm³/mol. The number of carbonyl (C=O) groups excluding carboxylic acids is 4. The van der Waals surface area contributed by atoms with Gasteiger partial charge in [-0.25, -0.2) is 22.3 Å². The van der Waals surface area contributed by atoms with Crippen molar-refractivity contribution >= 4 is 56.8 Å². The van der Waals surface area contributed by atoms with Crippen molar-refractivity contribution in [1.82, 2.24) is 19.8 Å². The molecule has 6 rings (SSSR count). The second-order valence-corrected chi connectivity index (χ2v) is 17.7. The van der Waals surface area contributed by atoms with Gasteiger partial charge in [0, 0.05) is 50.4 Å². The number of carbonyl (C=O) groups is 4. The standard InChI is InChI=1S/C35H42ClFN4O8S2.C2H6N.W/c1-3-24-17-28(29(36)50-24)51(47,48)39-31(43)35-15-13-22(35)11-7-5-4-6-8-14-34(2,46)32(44)41-19-23(16-27(41)30(42)38-35)49-33(45)40-18-21-10-9-12-26(37)25(21)20-40;1-2-3;/h7,9-12,17,22-23,27,46H,3-6,8,13-16,18-20H2,1-2H3,(H,38,42)(H,39,43);3H,2H2,1H3;/q;-1;/b11-7-;;. The summed E-state index contributed by atoms with van der Waals surface area (Å²) in [7, 11) is -4.41. The Morgan fingerprint density at radius 3 is 2.55 bits per heavy atom. The number of aryl methyl sites for hydroxylation is 1. The fraction of sp³-hybridized carbons (Fsp3) is 0.568. The van der Waals surface area contributed by atoms with Crippen LogP contribution in [0.4, 0.5) is 9.18 Å². The number of nitrogens with zero attached hydrogens (tertiary/aromatic N) is 2. The Balaban J connectivity index is 0.00000163. The summed E-state index contributed by atoms with van der Waals surface area (Å²) in [4.78, 5) is 58.4. The molecular weight excluding hydrogens is 945 g/mol. The molecule has 1 aromatic carbocycles. The quantitative estimate of drug-likeness (QED) is 0.322. The number of allylic oxidation sites excluding steroid dienone is 1. The van der Waals surface area contributed by atoms with Gasteiger partial charge in [-0.3, -0.25) is 19.3 Å². The number of ether oxygens (including phenoxy) is 1. The van der Waals surface area contributed by atoms with Crippen LogP contribution >= 0.6 is 22.9 Å². The van der Waals surface area contributed by atoms with Crippen molar-refractivity contribution in [3.05, 3.63) is 68.3 Å². The van der Waals surface area contributed by atoms with E-state index in [4.69, 9.17) is 22.1 Å². The fourth-order valence-electron chi connectivity index (χ4n) is 7.35. The van der Waals surface area contributed by atoms with Gasteiger partial charge in [-0.2, -0.15) is 6.54 Å². The van der Waals surface area contributed by atoms with Gasteiger partial charge < -0.3 is 25.8 Å². The van der Waals surface area contributed by atoms with Gasteiger partial charge in [-0.1, -0.05) is 62.6 Å². The van der Waals surface area contributed by atoms with Gasteiger partial charge in [0.05, 0.1) is 13.1 Å². The number of thiophene rings is 1. The van der Waals surface area contributed by atoms with Crippen molar-refractivity contribution in [3.8, 4) is 0 Å². The third-order valence-corrected chi connectivity index (χ3v) is 13.5. The molecule has 4 heterocycles. The third kappa shape index (κ3) is 9.81. The molecule has 18 heteroatoms. The fourth-order valence-corrected chi connectivity index (χ4v) is 10.3. The van der Waals surface area contributed by atoms with Gasteiger partial charge >= 0.3 is 6.09 Å². The SMILES string of the molecule is CC[NH-].CCc1cc(S(=O)(=O)NC(=O)C23CCC2/C=C\CCCCCC(C)(O)C(=O)N2CC(OC(=O)N4Cc5cccc(F)c5C4)CC2C(=O)N3)c(Cl)s1.[W]. The number of benzene rings is 1. The summed E-state index contributed by atoms with van der Waals surface area (Å²) in [6.45, 7) is 5.45. The van der Waals surface area contributed by atoms with E-state index in [-0.39, 0.29) is 69.2 Å². The van der Waals surface area contributed by atoms with Crippen molar-refractivity contribution in [2.75, 3.05) is 13.1 Å². The number of hydrogen-bond acceptors (Lipinski definition) is 9. The number of hydrogen-bond donors (Lipinski definition) is 3. The molecular formula is C37H48ClFN5O8S2W-. The minimum atomic E-state index is -4.41. The third-order valence-electron chi connectivity index (χ3n) is 10.4. The van der Waals surface area contributed by atoms with Gasteiger partial charge in [-0.15, -0.1) is 11.3 Å². The molecule has 0 bridgehead atoms. The molecule has 4 N–H and O–H groups in total. The average Bonchev–Trinajstić information content (AvgIpc) is 3.84. The van der Waals surface area contributed by atoms with Gasteiger partial charge in [0.1, 0.15) is 38.3 Å². The summed E-state index contributed by atoms with van der Waals surface area (Å²) in [5.41, 5.74) is 3.74. The van der Waals surface area contributed by atoms with Crippen molar-refractivity contribution in [1.29, 1.82) is 0 Å². The maximum absolute atomic E-state index is 14.4. The molecule has 302 valence electrons. The summed E-state index contributed by atoms with van der Waals surface area (Å²) in [6, 6.07) is 4.76. The smallest absolute Gasteiger partial charge is 0.410 e. The Hall–Kier alpha value is -2.88. The van der Waals surface area contributed by atoms with E-state index in [1.807, 2.05) is 19.1 Å². The molecule has 1 saturated carbocycles. The van der Waals surface area contributed by atoms with Crippen molar-refractivity contribution < 1.29 is 62.9 Å². The van der Waals surface area contributed by atoms with Crippen LogP contribution in [-0.2, 0) is 69.7 Å². The molecule has 4 amide bonds. The Morgan fingerprint density at radius 2 is 1.91 bits per heavy atom. The molecule has 2 fully saturated rings. The van der Waals surface area contributed by atoms with Gasteiger partial charge in [-0.05, 0) is 63.1 Å². The van der Waals surface area contributed by atoms with E-state index in [2.05, 4.69) is 10.0 Å². The van der Waals surface area contributed by atoms with Crippen LogP contribution in [0.15, 0.2) is 41.3 Å². The molecule has 1 aliphatic carbocycles. The molecule has 5 unspecified atom stereocenters. The zero-order chi connectivity index (χ0) is 39.4. The predicted octanol–water partition coefficient (Wildman–Crippen LogP) is 5.62. The zero-order valence-corrected chi connectivity index (χ0v) is 36.4. The molecule has 55 heavy (non-hydrogen) atoms. The van der Waals surface area contributed by atoms with E-state index in [1.54, 1.807) is 19.1 Å². The van der Waals surface area contributed by atoms with E-state index in [1.165, 1.54) is 28.9 Å². The van der Waals surface area contributed by atoms with Crippen LogP contribution in [0.25, 0.3) is 5.73 Å². The van der Waals surface area contributed by atoms with Gasteiger partial charge in [0.25, 0.3) is 21.8 Å². The minimum absolute atomic E-state index is 0. The van der Waals surface area contributed by atoms with E-state index < -0.39 is 68.9 Å². The average molecular weight is 993 g/mol. The van der Waals surface area contributed by atoms with Crippen LogP contribution in [0.1, 0.15) is 88.1 Å². The number of aliphatic hydroxyl groups is 1. The minimum Gasteiger partial charge on any atom is -0.678 e. The van der Waals surface area contributed by atoms with E-state index in [0.717, 1.165) is 22.6 Å². The molecule has 13 nitrogen and oxygen atoms in total. The largest absolute Gasteiger partial charge is 0.678 e. The first-order valence-electron chi connectivity index (χ1n) is 18.3. The number of nitrogens with one attached hydrogen (secondary N) is 3. The maximum atomic E-state index is 14.4. The summed E-state index contributed by atoms with van der Waals surface area (Å²) in [5.74, 6) is -3.40. The number of halogens is 2. The van der Waals surface area contributed by atoms with Crippen LogP contribution in [0.5, 0.6) is 0 Å². The molecule has 5 atom stereocenters.